The summed E-state index contributed by atoms with van der Waals surface area (Å²) in [4.78, 5) is 22.2. The Bertz CT molecular complexity index is 429. The van der Waals surface area contributed by atoms with Crippen molar-refractivity contribution in [2.24, 2.45) is 0 Å². The fourth-order valence-electron chi connectivity index (χ4n) is 1.49. The highest BCUT2D eigenvalue weighted by Crippen LogP contribution is 2.12. The zero-order chi connectivity index (χ0) is 14.3. The molecule has 3 N–H and O–H groups in total. The molecule has 19 heavy (non-hydrogen) atoms. The summed E-state index contributed by atoms with van der Waals surface area (Å²) >= 11 is 0. The normalized spacial score (nSPS) is 11.7. The van der Waals surface area contributed by atoms with Crippen LogP contribution in [0.2, 0.25) is 0 Å². The smallest absolute Gasteiger partial charge is 0.328 e. The Morgan fingerprint density at radius 1 is 1.32 bits per heavy atom. The molecular weight excluding hydrogens is 250 g/mol. The number of aliphatic hydroxyl groups is 1. The second-order valence-corrected chi connectivity index (χ2v) is 3.89. The van der Waals surface area contributed by atoms with Gasteiger partial charge < -0.3 is 20.3 Å². The van der Waals surface area contributed by atoms with Gasteiger partial charge in [0.1, 0.15) is 11.8 Å². The number of hydrogen-bond acceptors (Lipinski definition) is 4. The van der Waals surface area contributed by atoms with Crippen molar-refractivity contribution < 1.29 is 24.5 Å². The summed E-state index contributed by atoms with van der Waals surface area (Å²) < 4.78 is 5.27. The van der Waals surface area contributed by atoms with Gasteiger partial charge in [0.25, 0.3) is 0 Å². The van der Waals surface area contributed by atoms with Crippen LogP contribution >= 0.6 is 0 Å². The van der Waals surface area contributed by atoms with Crippen molar-refractivity contribution >= 4 is 11.9 Å². The average Bonchev–Trinajstić information content (AvgIpc) is 2.38. The third kappa shape index (κ3) is 4.97. The first-order valence-electron chi connectivity index (χ1n) is 5.91. The number of carboxylic acids is 1. The highest BCUT2D eigenvalue weighted by Gasteiger charge is 2.18. The van der Waals surface area contributed by atoms with Crippen molar-refractivity contribution in [2.75, 3.05) is 13.2 Å². The molecule has 0 aliphatic heterocycles. The molecule has 104 valence electrons. The molecule has 0 bridgehead atoms. The van der Waals surface area contributed by atoms with Crippen LogP contribution in [0.4, 0.5) is 0 Å². The van der Waals surface area contributed by atoms with Gasteiger partial charge in [0, 0.05) is 0 Å². The van der Waals surface area contributed by atoms with Crippen molar-refractivity contribution in [3.63, 3.8) is 0 Å². The van der Waals surface area contributed by atoms with Gasteiger partial charge in [-0.25, -0.2) is 4.79 Å². The Balaban J connectivity index is 2.54. The first-order chi connectivity index (χ1) is 9.06. The number of amides is 1. The number of rotatable bonds is 7. The summed E-state index contributed by atoms with van der Waals surface area (Å²) in [6, 6.07) is 5.69. The van der Waals surface area contributed by atoms with Crippen molar-refractivity contribution in [3.05, 3.63) is 29.8 Å². The van der Waals surface area contributed by atoms with Crippen LogP contribution in [0.15, 0.2) is 24.3 Å². The molecule has 0 radical (unpaired) electrons. The zero-order valence-electron chi connectivity index (χ0n) is 10.6. The summed E-state index contributed by atoms with van der Waals surface area (Å²) in [5.41, 5.74) is 0.739. The molecule has 6 heteroatoms. The number of carbonyl (C=O) groups is 2. The average molecular weight is 267 g/mol. The number of benzene rings is 1. The van der Waals surface area contributed by atoms with E-state index in [1.54, 1.807) is 24.3 Å². The molecule has 6 nitrogen and oxygen atoms in total. The summed E-state index contributed by atoms with van der Waals surface area (Å²) in [5, 5.41) is 19.7. The topological polar surface area (TPSA) is 95.9 Å². The summed E-state index contributed by atoms with van der Waals surface area (Å²) in [6.45, 7) is 1.81. The first-order valence-corrected chi connectivity index (χ1v) is 5.91. The maximum atomic E-state index is 11.6. The molecule has 1 amide bonds. The highest BCUT2D eigenvalue weighted by molar-refractivity contribution is 5.84. The lowest BCUT2D eigenvalue weighted by molar-refractivity contribution is -0.142. The van der Waals surface area contributed by atoms with E-state index in [2.05, 4.69) is 5.32 Å². The fraction of sp³-hybridized carbons (Fsp3) is 0.385. The summed E-state index contributed by atoms with van der Waals surface area (Å²) in [7, 11) is 0. The molecule has 0 aliphatic carbocycles. The number of carboxylic acid groups (broad SMARTS) is 1. The molecule has 0 aromatic heterocycles. The monoisotopic (exact) mass is 267 g/mol. The van der Waals surface area contributed by atoms with E-state index in [-0.39, 0.29) is 6.42 Å². The molecular formula is C13H17NO5. The molecule has 1 rings (SSSR count). The van der Waals surface area contributed by atoms with Crippen LogP contribution in [-0.2, 0) is 16.0 Å². The van der Waals surface area contributed by atoms with Crippen LogP contribution in [0.25, 0.3) is 0 Å². The van der Waals surface area contributed by atoms with Crippen molar-refractivity contribution in [2.45, 2.75) is 19.4 Å². The van der Waals surface area contributed by atoms with Crippen LogP contribution in [-0.4, -0.2) is 41.3 Å². The quantitative estimate of drug-likeness (QED) is 0.655. The molecule has 0 spiro atoms. The van der Waals surface area contributed by atoms with Gasteiger partial charge in [0.2, 0.25) is 5.91 Å². The minimum Gasteiger partial charge on any atom is -0.494 e. The second kappa shape index (κ2) is 7.38. The number of nitrogens with one attached hydrogen (secondary N) is 1. The Hall–Kier alpha value is -2.08. The van der Waals surface area contributed by atoms with E-state index in [0.717, 1.165) is 5.56 Å². The molecule has 0 heterocycles. The molecule has 1 aromatic rings. The van der Waals surface area contributed by atoms with Gasteiger partial charge in [-0.2, -0.15) is 0 Å². The van der Waals surface area contributed by atoms with Gasteiger partial charge in [-0.15, -0.1) is 0 Å². The SMILES string of the molecule is CCOc1ccc(CC(=O)NC(CO)C(=O)O)cc1. The molecule has 0 aliphatic rings. The standard InChI is InChI=1S/C13H17NO5/c1-2-19-10-5-3-9(4-6-10)7-12(16)14-11(8-15)13(17)18/h3-6,11,15H,2,7-8H2,1H3,(H,14,16)(H,17,18). The zero-order valence-corrected chi connectivity index (χ0v) is 10.6. The first kappa shape index (κ1) is 15.0. The van der Waals surface area contributed by atoms with Gasteiger partial charge in [0.05, 0.1) is 19.6 Å². The molecule has 0 fully saturated rings. The third-order valence-corrected chi connectivity index (χ3v) is 2.41. The van der Waals surface area contributed by atoms with Gasteiger partial charge >= 0.3 is 5.97 Å². The minimum atomic E-state index is -1.27. The summed E-state index contributed by atoms with van der Waals surface area (Å²) in [6.07, 6.45) is 0.0518. The van der Waals surface area contributed by atoms with E-state index in [1.165, 1.54) is 0 Å². The van der Waals surface area contributed by atoms with E-state index in [9.17, 15) is 9.59 Å². The van der Waals surface area contributed by atoms with Crippen LogP contribution in [0.3, 0.4) is 0 Å². The van der Waals surface area contributed by atoms with Gasteiger partial charge in [0.15, 0.2) is 0 Å². The van der Waals surface area contributed by atoms with Crippen LogP contribution in [0.5, 0.6) is 5.75 Å². The maximum absolute atomic E-state index is 11.6. The predicted octanol–water partition coefficient (Wildman–Crippen LogP) is 0.189. The lowest BCUT2D eigenvalue weighted by Crippen LogP contribution is -2.43. The highest BCUT2D eigenvalue weighted by atomic mass is 16.5. The number of carbonyl (C=O) groups excluding carboxylic acids is 1. The molecule has 1 atom stereocenters. The number of hydrogen-bond donors (Lipinski definition) is 3. The Kier molecular flexibility index (Phi) is 5.81. The Morgan fingerprint density at radius 3 is 2.42 bits per heavy atom. The van der Waals surface area contributed by atoms with Crippen molar-refractivity contribution in [3.8, 4) is 5.75 Å². The van der Waals surface area contributed by atoms with Crippen LogP contribution in [0, 0.1) is 0 Å². The van der Waals surface area contributed by atoms with E-state index < -0.39 is 24.5 Å². The van der Waals surface area contributed by atoms with Crippen molar-refractivity contribution in [1.82, 2.24) is 5.32 Å². The molecule has 1 unspecified atom stereocenters. The van der Waals surface area contributed by atoms with E-state index in [1.807, 2.05) is 6.92 Å². The van der Waals surface area contributed by atoms with Gasteiger partial charge in [-0.05, 0) is 24.6 Å². The predicted molar refractivity (Wildman–Crippen MR) is 68.0 cm³/mol. The lowest BCUT2D eigenvalue weighted by Gasteiger charge is -2.11. The van der Waals surface area contributed by atoms with E-state index in [4.69, 9.17) is 14.9 Å². The Labute approximate surface area is 111 Å². The molecule has 1 aromatic carbocycles. The third-order valence-electron chi connectivity index (χ3n) is 2.41. The largest absolute Gasteiger partial charge is 0.494 e. The van der Waals surface area contributed by atoms with Gasteiger partial charge in [-0.3, -0.25) is 4.79 Å². The fourth-order valence-corrected chi connectivity index (χ4v) is 1.49. The number of aliphatic hydroxyl groups excluding tert-OH is 1. The van der Waals surface area contributed by atoms with E-state index >= 15 is 0 Å². The van der Waals surface area contributed by atoms with Crippen molar-refractivity contribution in [1.29, 1.82) is 0 Å². The number of ether oxygens (including phenoxy) is 1. The van der Waals surface area contributed by atoms with E-state index in [0.29, 0.717) is 12.4 Å². The Morgan fingerprint density at radius 2 is 1.95 bits per heavy atom. The van der Waals surface area contributed by atoms with Crippen LogP contribution < -0.4 is 10.1 Å². The van der Waals surface area contributed by atoms with Crippen LogP contribution in [0.1, 0.15) is 12.5 Å². The molecule has 0 saturated carbocycles. The minimum absolute atomic E-state index is 0.0518. The maximum Gasteiger partial charge on any atom is 0.328 e. The summed E-state index contributed by atoms with van der Waals surface area (Å²) in [5.74, 6) is -1.00. The lowest BCUT2D eigenvalue weighted by atomic mass is 10.1. The number of aliphatic carboxylic acids is 1. The van der Waals surface area contributed by atoms with Gasteiger partial charge in [-0.1, -0.05) is 12.1 Å². The molecule has 0 saturated heterocycles. The second-order valence-electron chi connectivity index (χ2n) is 3.89.